The number of halogens is 1. The van der Waals surface area contributed by atoms with Crippen molar-refractivity contribution in [1.82, 2.24) is 0 Å². The van der Waals surface area contributed by atoms with Crippen molar-refractivity contribution in [3.8, 4) is 11.5 Å². The molecule has 0 saturated carbocycles. The molecule has 35 heavy (non-hydrogen) atoms. The second kappa shape index (κ2) is 11.0. The fourth-order valence-electron chi connectivity index (χ4n) is 4.00. The second-order valence-corrected chi connectivity index (χ2v) is 8.49. The van der Waals surface area contributed by atoms with Gasteiger partial charge in [-0.05, 0) is 36.6 Å². The Bertz CT molecular complexity index is 1210. The van der Waals surface area contributed by atoms with E-state index in [-0.39, 0.29) is 16.9 Å². The number of ketones is 1. The Hall–Kier alpha value is -3.94. The van der Waals surface area contributed by atoms with Gasteiger partial charge in [0, 0.05) is 18.4 Å². The van der Waals surface area contributed by atoms with Gasteiger partial charge in [-0.25, -0.2) is 4.39 Å². The third-order valence-electron chi connectivity index (χ3n) is 5.84. The van der Waals surface area contributed by atoms with Crippen molar-refractivity contribution < 1.29 is 33.3 Å². The standard InChI is InChI=1S/C27H28FNO6/c1-16-10-11-20(21(28)14-16)24(19-8-6-5-7-9-19)18(3)35-27(32)17(2)15-22(30)25-26(31)23(34-4)12-13-29(25)33/h5-14,17-18,24,31H,15H2,1-4H3/t17-,18+,24-/m1/s1. The second-order valence-electron chi connectivity index (χ2n) is 8.49. The summed E-state index contributed by atoms with van der Waals surface area (Å²) in [6.07, 6.45) is -0.0878. The maximum Gasteiger partial charge on any atom is 0.309 e. The first-order chi connectivity index (χ1) is 16.6. The number of hydrogen-bond acceptors (Lipinski definition) is 6. The van der Waals surface area contributed by atoms with Gasteiger partial charge in [-0.1, -0.05) is 49.4 Å². The molecule has 1 aromatic heterocycles. The van der Waals surface area contributed by atoms with E-state index in [0.717, 1.165) is 17.3 Å². The van der Waals surface area contributed by atoms with Crippen LogP contribution in [-0.2, 0) is 9.53 Å². The third kappa shape index (κ3) is 5.77. The van der Waals surface area contributed by atoms with Gasteiger partial charge in [0.05, 0.1) is 13.0 Å². The highest BCUT2D eigenvalue weighted by atomic mass is 19.1. The van der Waals surface area contributed by atoms with Gasteiger partial charge in [-0.15, -0.1) is 0 Å². The summed E-state index contributed by atoms with van der Waals surface area (Å²) in [5, 5.41) is 22.3. The number of esters is 1. The Kier molecular flexibility index (Phi) is 8.06. The van der Waals surface area contributed by atoms with E-state index in [0.29, 0.717) is 5.56 Å². The van der Waals surface area contributed by atoms with E-state index in [9.17, 15) is 24.3 Å². The first kappa shape index (κ1) is 25.7. The minimum Gasteiger partial charge on any atom is -0.618 e. The van der Waals surface area contributed by atoms with Crippen LogP contribution in [0.3, 0.4) is 0 Å². The number of hydrogen-bond donors (Lipinski definition) is 1. The number of aromatic hydroxyl groups is 1. The summed E-state index contributed by atoms with van der Waals surface area (Å²) in [4.78, 5) is 25.6. The molecule has 0 amide bonds. The van der Waals surface area contributed by atoms with Crippen LogP contribution < -0.4 is 9.47 Å². The lowest BCUT2D eigenvalue weighted by atomic mass is 9.86. The van der Waals surface area contributed by atoms with Crippen molar-refractivity contribution in [2.45, 2.75) is 39.2 Å². The minimum atomic E-state index is -0.921. The number of pyridine rings is 1. The average molecular weight is 482 g/mol. The molecule has 0 saturated heterocycles. The van der Waals surface area contributed by atoms with E-state index in [4.69, 9.17) is 9.47 Å². The van der Waals surface area contributed by atoms with Crippen LogP contribution in [0.4, 0.5) is 4.39 Å². The first-order valence-corrected chi connectivity index (χ1v) is 11.2. The fraction of sp³-hybridized carbons (Fsp3) is 0.296. The molecular formula is C27H28FNO6. The summed E-state index contributed by atoms with van der Waals surface area (Å²) in [5.74, 6) is -3.95. The molecule has 0 unspecified atom stereocenters. The van der Waals surface area contributed by atoms with Crippen LogP contribution >= 0.6 is 0 Å². The number of ether oxygens (including phenoxy) is 2. The lowest BCUT2D eigenvalue weighted by molar-refractivity contribution is -0.608. The van der Waals surface area contributed by atoms with Crippen molar-refractivity contribution in [2.24, 2.45) is 5.92 Å². The Labute approximate surface area is 203 Å². The number of aryl methyl sites for hydroxylation is 1. The quantitative estimate of drug-likeness (QED) is 0.210. The van der Waals surface area contributed by atoms with E-state index in [1.54, 1.807) is 26.0 Å². The molecule has 8 heteroatoms. The zero-order valence-corrected chi connectivity index (χ0v) is 20.0. The van der Waals surface area contributed by atoms with Crippen molar-refractivity contribution in [3.05, 3.63) is 94.2 Å². The monoisotopic (exact) mass is 481 g/mol. The van der Waals surface area contributed by atoms with Crippen LogP contribution in [0, 0.1) is 23.9 Å². The molecule has 184 valence electrons. The Morgan fingerprint density at radius 3 is 2.43 bits per heavy atom. The van der Waals surface area contributed by atoms with Gasteiger partial charge in [-0.2, -0.15) is 4.73 Å². The highest BCUT2D eigenvalue weighted by Crippen LogP contribution is 2.33. The summed E-state index contributed by atoms with van der Waals surface area (Å²) in [6.45, 7) is 4.95. The fourth-order valence-corrected chi connectivity index (χ4v) is 4.00. The summed E-state index contributed by atoms with van der Waals surface area (Å²) in [7, 11) is 1.29. The lowest BCUT2D eigenvalue weighted by Gasteiger charge is -2.26. The SMILES string of the molecule is COc1cc[n+]([O-])c(C(=O)C[C@@H](C)C(=O)O[C@@H](C)[C@H](c2ccccc2)c2ccc(C)cc2F)c1O. The summed E-state index contributed by atoms with van der Waals surface area (Å²) >= 11 is 0. The molecule has 0 fully saturated rings. The molecule has 0 aliphatic carbocycles. The van der Waals surface area contributed by atoms with E-state index in [1.165, 1.54) is 26.2 Å². The maximum absolute atomic E-state index is 14.9. The van der Waals surface area contributed by atoms with E-state index >= 15 is 0 Å². The van der Waals surface area contributed by atoms with Gasteiger partial charge < -0.3 is 19.8 Å². The molecule has 1 heterocycles. The molecule has 3 rings (SSSR count). The van der Waals surface area contributed by atoms with Crippen LogP contribution in [0.1, 0.15) is 53.4 Å². The smallest absolute Gasteiger partial charge is 0.309 e. The predicted octanol–water partition coefficient (Wildman–Crippen LogP) is 4.45. The van der Waals surface area contributed by atoms with Crippen LogP contribution in [0.5, 0.6) is 11.5 Å². The van der Waals surface area contributed by atoms with Gasteiger partial charge >= 0.3 is 11.7 Å². The average Bonchev–Trinajstić information content (AvgIpc) is 2.81. The largest absolute Gasteiger partial charge is 0.618 e. The topological polar surface area (TPSA) is 99.8 Å². The number of Topliss-reactive ketones (excluding diaryl/α,β-unsaturated/α-hetero) is 1. The van der Waals surface area contributed by atoms with E-state index in [1.807, 2.05) is 30.3 Å². The molecule has 0 spiro atoms. The number of nitrogens with zero attached hydrogens (tertiary/aromatic N) is 1. The zero-order chi connectivity index (χ0) is 25.7. The Morgan fingerprint density at radius 1 is 1.11 bits per heavy atom. The highest BCUT2D eigenvalue weighted by Gasteiger charge is 2.32. The van der Waals surface area contributed by atoms with Crippen molar-refractivity contribution >= 4 is 11.8 Å². The molecule has 3 atom stereocenters. The molecule has 7 nitrogen and oxygen atoms in total. The van der Waals surface area contributed by atoms with Crippen LogP contribution in [0.25, 0.3) is 0 Å². The van der Waals surface area contributed by atoms with Crippen molar-refractivity contribution in [2.75, 3.05) is 7.11 Å². The van der Waals surface area contributed by atoms with Gasteiger partial charge in [0.15, 0.2) is 11.9 Å². The zero-order valence-electron chi connectivity index (χ0n) is 20.0. The molecule has 0 aliphatic heterocycles. The highest BCUT2D eigenvalue weighted by molar-refractivity contribution is 5.98. The molecule has 0 radical (unpaired) electrons. The van der Waals surface area contributed by atoms with E-state index in [2.05, 4.69) is 0 Å². The lowest BCUT2D eigenvalue weighted by Crippen LogP contribution is -2.35. The minimum absolute atomic E-state index is 0.0323. The number of carbonyl (C=O) groups excluding carboxylic acids is 2. The van der Waals surface area contributed by atoms with E-state index < -0.39 is 47.0 Å². The molecule has 0 aliphatic rings. The Balaban J connectivity index is 1.80. The normalized spacial score (nSPS) is 13.5. The van der Waals surface area contributed by atoms with Crippen molar-refractivity contribution in [1.29, 1.82) is 0 Å². The molecule has 2 aromatic carbocycles. The first-order valence-electron chi connectivity index (χ1n) is 11.2. The van der Waals surface area contributed by atoms with Crippen LogP contribution in [-0.4, -0.2) is 30.1 Å². The number of aromatic nitrogens is 1. The summed E-state index contributed by atoms with van der Waals surface area (Å²) < 4.78 is 25.7. The summed E-state index contributed by atoms with van der Waals surface area (Å²) in [5.41, 5.74) is 1.42. The summed E-state index contributed by atoms with van der Waals surface area (Å²) in [6, 6.07) is 15.3. The van der Waals surface area contributed by atoms with Gasteiger partial charge in [0.25, 0.3) is 0 Å². The third-order valence-corrected chi connectivity index (χ3v) is 5.84. The molecule has 1 N–H and O–H groups in total. The number of benzene rings is 2. The number of rotatable bonds is 9. The molecule has 0 bridgehead atoms. The molecular weight excluding hydrogens is 453 g/mol. The van der Waals surface area contributed by atoms with Gasteiger partial charge in [0.2, 0.25) is 11.5 Å². The van der Waals surface area contributed by atoms with Crippen molar-refractivity contribution in [3.63, 3.8) is 0 Å². The maximum atomic E-state index is 14.9. The van der Waals surface area contributed by atoms with Crippen LogP contribution in [0.15, 0.2) is 60.8 Å². The van der Waals surface area contributed by atoms with Gasteiger partial charge in [0.1, 0.15) is 11.9 Å². The molecule has 3 aromatic rings. The van der Waals surface area contributed by atoms with Gasteiger partial charge in [-0.3, -0.25) is 9.59 Å². The number of carbonyl (C=O) groups is 2. The number of methoxy groups -OCH3 is 1. The van der Waals surface area contributed by atoms with Crippen LogP contribution in [0.2, 0.25) is 0 Å². The predicted molar refractivity (Wildman–Crippen MR) is 127 cm³/mol. The Morgan fingerprint density at radius 2 is 1.80 bits per heavy atom.